The molecule has 0 atom stereocenters. The Morgan fingerprint density at radius 1 is 0.525 bits per heavy atom. The molecule has 0 fully saturated rings. The van der Waals surface area contributed by atoms with Gasteiger partial charge < -0.3 is 13.8 Å². The van der Waals surface area contributed by atoms with Gasteiger partial charge in [-0.15, -0.1) is 0 Å². The summed E-state index contributed by atoms with van der Waals surface area (Å²) < 4.78 is 9.74. The smallest absolute Gasteiger partial charge is 0.333 e. The summed E-state index contributed by atoms with van der Waals surface area (Å²) in [6.07, 6.45) is 0. The number of para-hydroxylation sites is 3. The Balaban J connectivity index is 1.27. The van der Waals surface area contributed by atoms with Crippen molar-refractivity contribution in [2.75, 3.05) is 4.81 Å². The van der Waals surface area contributed by atoms with E-state index in [2.05, 4.69) is 215 Å². The number of furan rings is 1. The lowest BCUT2D eigenvalue weighted by Crippen LogP contribution is -2.62. The molecule has 0 aliphatic carbocycles. The summed E-state index contributed by atoms with van der Waals surface area (Å²) in [5.74, 6) is 0. The molecule has 5 heterocycles. The number of anilines is 2. The summed E-state index contributed by atoms with van der Waals surface area (Å²) >= 11 is 0. The Morgan fingerprint density at radius 3 is 1.92 bits per heavy atom. The van der Waals surface area contributed by atoms with Crippen molar-refractivity contribution >= 4 is 72.9 Å². The normalized spacial score (nSPS) is 14.8. The maximum atomic E-state index is 7.13. The van der Waals surface area contributed by atoms with E-state index in [4.69, 9.17) is 4.42 Å². The van der Waals surface area contributed by atoms with E-state index in [0.29, 0.717) is 0 Å². The first-order chi connectivity index (χ1) is 29.5. The van der Waals surface area contributed by atoms with Crippen LogP contribution in [0.3, 0.4) is 0 Å². The maximum Gasteiger partial charge on any atom is 0.333 e. The zero-order valence-electron chi connectivity index (χ0n) is 35.5. The average molecular weight is 785 g/mol. The van der Waals surface area contributed by atoms with Gasteiger partial charge in [0.1, 0.15) is 11.2 Å². The molecule has 8 aromatic carbocycles. The minimum Gasteiger partial charge on any atom is -0.455 e. The van der Waals surface area contributed by atoms with Gasteiger partial charge in [-0.2, -0.15) is 0 Å². The zero-order valence-corrected chi connectivity index (χ0v) is 35.5. The summed E-state index contributed by atoms with van der Waals surface area (Å²) in [6.45, 7) is 13.9. The SMILES string of the molecule is CC(C)(C)c1ccc2c(c1)c1cc(C(C)(C)C)cc3c1n2-c1cc2c(oc4ccccc42)c2c1B3N1c3ccccc3C(c3ccccc3)(c3ccccc3)c3cccc-2c31. The molecule has 0 N–H and O–H groups in total. The van der Waals surface area contributed by atoms with E-state index in [-0.39, 0.29) is 17.7 Å². The maximum absolute atomic E-state index is 7.13. The van der Waals surface area contributed by atoms with Gasteiger partial charge in [0, 0.05) is 49.7 Å². The molecular formula is C57H45BN2O. The summed E-state index contributed by atoms with van der Waals surface area (Å²) in [5.41, 5.74) is 20.3. The van der Waals surface area contributed by atoms with Gasteiger partial charge in [0.05, 0.1) is 16.4 Å². The fourth-order valence-electron chi connectivity index (χ4n) is 11.6. The standard InChI is InChI=1S/C57H45BN2O/c1-55(2,3)36-28-29-46-40(30-36)41-31-37(56(4,5)6)32-45-53(41)59(46)48-33-42-38-22-13-16-27-49(38)61-54(42)50-39-23-17-25-44-52(39)60(58(45)51(48)50)47-26-15-14-24-43(47)57(44,34-18-9-7-10-19-34)35-20-11-8-12-21-35/h7-33H,1-6H3. The van der Waals surface area contributed by atoms with Gasteiger partial charge in [0.15, 0.2) is 0 Å². The van der Waals surface area contributed by atoms with Crippen LogP contribution in [0.15, 0.2) is 168 Å². The van der Waals surface area contributed by atoms with Crippen molar-refractivity contribution in [3.8, 4) is 16.8 Å². The van der Waals surface area contributed by atoms with Gasteiger partial charge in [0.25, 0.3) is 0 Å². The number of fused-ring (bicyclic) bond motifs is 13. The van der Waals surface area contributed by atoms with Gasteiger partial charge in [-0.3, -0.25) is 0 Å². The van der Waals surface area contributed by atoms with Crippen molar-refractivity contribution in [3.05, 3.63) is 197 Å². The van der Waals surface area contributed by atoms with Gasteiger partial charge >= 0.3 is 6.85 Å². The molecule has 292 valence electrons. The highest BCUT2D eigenvalue weighted by Gasteiger charge is 2.53. The van der Waals surface area contributed by atoms with E-state index < -0.39 is 5.41 Å². The molecule has 13 rings (SSSR count). The predicted octanol–water partition coefficient (Wildman–Crippen LogP) is 13.2. The summed E-state index contributed by atoms with van der Waals surface area (Å²) in [7, 11) is 0. The summed E-state index contributed by atoms with van der Waals surface area (Å²) in [4.78, 5) is 2.73. The number of hydrogen-bond acceptors (Lipinski definition) is 2. The Morgan fingerprint density at radius 2 is 1.18 bits per heavy atom. The second-order valence-corrected chi connectivity index (χ2v) is 19.7. The first-order valence-corrected chi connectivity index (χ1v) is 21.8. The van der Waals surface area contributed by atoms with Crippen molar-refractivity contribution in [3.63, 3.8) is 0 Å². The third-order valence-electron chi connectivity index (χ3n) is 14.3. The lowest BCUT2D eigenvalue weighted by Gasteiger charge is -2.52. The van der Waals surface area contributed by atoms with Gasteiger partial charge in [0.2, 0.25) is 0 Å². The number of hydrogen-bond donors (Lipinski definition) is 0. The highest BCUT2D eigenvalue weighted by Crippen LogP contribution is 2.60. The van der Waals surface area contributed by atoms with Crippen LogP contribution in [0.1, 0.15) is 74.9 Å². The fraction of sp³-hybridized carbons (Fsp3) is 0.158. The number of benzene rings is 8. The molecule has 3 aliphatic heterocycles. The fourth-order valence-corrected chi connectivity index (χ4v) is 11.6. The lowest BCUT2D eigenvalue weighted by molar-refractivity contribution is 0.590. The molecule has 4 heteroatoms. The van der Waals surface area contributed by atoms with Gasteiger partial charge in [-0.05, 0) is 91.5 Å². The Bertz CT molecular complexity index is 3470. The molecule has 0 radical (unpaired) electrons. The zero-order chi connectivity index (χ0) is 41.2. The van der Waals surface area contributed by atoms with Crippen LogP contribution in [0.4, 0.5) is 11.4 Å². The molecule has 3 nitrogen and oxygen atoms in total. The second kappa shape index (κ2) is 11.7. The predicted molar refractivity (Wildman–Crippen MR) is 256 cm³/mol. The average Bonchev–Trinajstić information content (AvgIpc) is 3.81. The van der Waals surface area contributed by atoms with Gasteiger partial charge in [-0.25, -0.2) is 0 Å². The lowest BCUT2D eigenvalue weighted by atomic mass is 9.42. The molecule has 2 aromatic heterocycles. The van der Waals surface area contributed by atoms with E-state index in [9.17, 15) is 0 Å². The second-order valence-electron chi connectivity index (χ2n) is 19.7. The molecule has 3 aliphatic rings. The van der Waals surface area contributed by atoms with Crippen molar-refractivity contribution in [2.45, 2.75) is 57.8 Å². The molecule has 0 bridgehead atoms. The van der Waals surface area contributed by atoms with Crippen LogP contribution in [-0.2, 0) is 16.2 Å². The highest BCUT2D eigenvalue weighted by molar-refractivity contribution is 6.94. The molecule has 61 heavy (non-hydrogen) atoms. The minimum atomic E-state index is -0.585. The Labute approximate surface area is 357 Å². The molecule has 0 saturated carbocycles. The minimum absolute atomic E-state index is 0.00518. The van der Waals surface area contributed by atoms with E-state index in [1.54, 1.807) is 0 Å². The third-order valence-corrected chi connectivity index (χ3v) is 14.3. The van der Waals surface area contributed by atoms with Crippen LogP contribution in [0.25, 0.3) is 60.6 Å². The van der Waals surface area contributed by atoms with Crippen LogP contribution in [-0.4, -0.2) is 11.4 Å². The Kier molecular flexibility index (Phi) is 6.74. The monoisotopic (exact) mass is 784 g/mol. The molecule has 0 amide bonds. The molecule has 0 saturated heterocycles. The van der Waals surface area contributed by atoms with Gasteiger partial charge in [-0.1, -0.05) is 169 Å². The van der Waals surface area contributed by atoms with E-state index in [1.807, 2.05) is 0 Å². The largest absolute Gasteiger partial charge is 0.455 e. The van der Waals surface area contributed by atoms with E-state index in [0.717, 1.165) is 21.9 Å². The third kappa shape index (κ3) is 4.40. The first kappa shape index (κ1) is 35.0. The van der Waals surface area contributed by atoms with Crippen molar-refractivity contribution in [1.82, 2.24) is 4.57 Å². The number of rotatable bonds is 2. The van der Waals surface area contributed by atoms with Crippen molar-refractivity contribution < 1.29 is 4.42 Å². The highest BCUT2D eigenvalue weighted by atomic mass is 16.3. The van der Waals surface area contributed by atoms with Crippen LogP contribution in [0, 0.1) is 0 Å². The van der Waals surface area contributed by atoms with Crippen LogP contribution in [0.2, 0.25) is 0 Å². The Hall–Kier alpha value is -6.78. The molecular weight excluding hydrogens is 739 g/mol. The molecule has 10 aromatic rings. The van der Waals surface area contributed by atoms with Crippen molar-refractivity contribution in [2.24, 2.45) is 0 Å². The van der Waals surface area contributed by atoms with Crippen molar-refractivity contribution in [1.29, 1.82) is 0 Å². The number of aromatic nitrogens is 1. The summed E-state index contributed by atoms with van der Waals surface area (Å²) in [5, 5.41) is 4.92. The molecule has 0 unspecified atom stereocenters. The van der Waals surface area contributed by atoms with Crippen LogP contribution >= 0.6 is 0 Å². The van der Waals surface area contributed by atoms with Crippen LogP contribution in [0.5, 0.6) is 0 Å². The van der Waals surface area contributed by atoms with Crippen LogP contribution < -0.4 is 15.7 Å². The van der Waals surface area contributed by atoms with E-state index in [1.165, 1.54) is 94.3 Å². The topological polar surface area (TPSA) is 21.3 Å². The summed E-state index contributed by atoms with van der Waals surface area (Å²) in [6, 6.07) is 62.0. The quantitative estimate of drug-likeness (QED) is 0.163. The molecule has 0 spiro atoms. The first-order valence-electron chi connectivity index (χ1n) is 21.8. The van der Waals surface area contributed by atoms with E-state index >= 15 is 0 Å². The number of nitrogens with zero attached hydrogens (tertiary/aromatic N) is 2.